The van der Waals surface area contributed by atoms with Gasteiger partial charge in [-0.15, -0.1) is 12.4 Å². The molecule has 102 valence electrons. The SMILES string of the molecule is Cl.N[C@@H](c1cc2ccccc2c2ccccc12)C1CC1. The van der Waals surface area contributed by atoms with Gasteiger partial charge in [-0.25, -0.2) is 0 Å². The molecule has 0 unspecified atom stereocenters. The van der Waals surface area contributed by atoms with E-state index in [-0.39, 0.29) is 18.4 Å². The number of benzene rings is 3. The summed E-state index contributed by atoms with van der Waals surface area (Å²) in [6, 6.07) is 19.7. The van der Waals surface area contributed by atoms with Crippen molar-refractivity contribution in [2.75, 3.05) is 0 Å². The van der Waals surface area contributed by atoms with Crippen LogP contribution < -0.4 is 5.73 Å². The van der Waals surface area contributed by atoms with E-state index in [4.69, 9.17) is 5.73 Å². The van der Waals surface area contributed by atoms with Gasteiger partial charge in [0.05, 0.1) is 0 Å². The lowest BCUT2D eigenvalue weighted by Gasteiger charge is -2.16. The maximum Gasteiger partial charge on any atom is 0.0329 e. The second-order valence-corrected chi connectivity index (χ2v) is 5.60. The van der Waals surface area contributed by atoms with Crippen molar-refractivity contribution in [1.29, 1.82) is 0 Å². The number of fused-ring (bicyclic) bond motifs is 3. The van der Waals surface area contributed by atoms with E-state index in [1.807, 2.05) is 0 Å². The second-order valence-electron chi connectivity index (χ2n) is 5.60. The average Bonchev–Trinajstić information content (AvgIpc) is 3.30. The molecule has 0 spiro atoms. The van der Waals surface area contributed by atoms with Crippen LogP contribution in [0.3, 0.4) is 0 Å². The van der Waals surface area contributed by atoms with E-state index >= 15 is 0 Å². The summed E-state index contributed by atoms with van der Waals surface area (Å²) in [4.78, 5) is 0. The molecule has 1 fully saturated rings. The Kier molecular flexibility index (Phi) is 3.41. The van der Waals surface area contributed by atoms with E-state index in [1.54, 1.807) is 0 Å². The molecule has 20 heavy (non-hydrogen) atoms. The Hall–Kier alpha value is -1.57. The van der Waals surface area contributed by atoms with Crippen LogP contribution in [0.1, 0.15) is 24.4 Å². The van der Waals surface area contributed by atoms with Gasteiger partial charge in [-0.1, -0.05) is 48.5 Å². The molecule has 3 aromatic rings. The van der Waals surface area contributed by atoms with Crippen molar-refractivity contribution in [3.05, 3.63) is 60.2 Å². The molecule has 2 N–H and O–H groups in total. The summed E-state index contributed by atoms with van der Waals surface area (Å²) in [5, 5.41) is 5.27. The Balaban J connectivity index is 0.00000121. The van der Waals surface area contributed by atoms with Gasteiger partial charge in [-0.05, 0) is 51.9 Å². The number of hydrogen-bond donors (Lipinski definition) is 1. The zero-order chi connectivity index (χ0) is 12.8. The highest BCUT2D eigenvalue weighted by Gasteiger charge is 2.30. The molecule has 0 aliphatic heterocycles. The molecular formula is C18H18ClN. The van der Waals surface area contributed by atoms with Gasteiger partial charge < -0.3 is 5.73 Å². The highest BCUT2D eigenvalue weighted by Crippen LogP contribution is 2.42. The molecule has 2 heteroatoms. The molecule has 0 heterocycles. The topological polar surface area (TPSA) is 26.0 Å². The van der Waals surface area contributed by atoms with Crippen LogP contribution in [0.15, 0.2) is 54.6 Å². The Bertz CT molecular complexity index is 762. The van der Waals surface area contributed by atoms with Crippen molar-refractivity contribution in [3.63, 3.8) is 0 Å². The van der Waals surface area contributed by atoms with Gasteiger partial charge in [-0.3, -0.25) is 0 Å². The highest BCUT2D eigenvalue weighted by molar-refractivity contribution is 6.09. The molecule has 0 radical (unpaired) electrons. The molecule has 0 saturated heterocycles. The van der Waals surface area contributed by atoms with Gasteiger partial charge in [0.25, 0.3) is 0 Å². The molecule has 0 bridgehead atoms. The van der Waals surface area contributed by atoms with Crippen molar-refractivity contribution in [2.24, 2.45) is 11.7 Å². The van der Waals surface area contributed by atoms with Crippen LogP contribution in [0.4, 0.5) is 0 Å². The van der Waals surface area contributed by atoms with E-state index in [2.05, 4.69) is 54.6 Å². The summed E-state index contributed by atoms with van der Waals surface area (Å²) in [6.07, 6.45) is 2.56. The van der Waals surface area contributed by atoms with Crippen LogP contribution in [-0.2, 0) is 0 Å². The van der Waals surface area contributed by atoms with Crippen LogP contribution >= 0.6 is 12.4 Å². The average molecular weight is 284 g/mol. The Morgan fingerprint density at radius 2 is 1.45 bits per heavy atom. The lowest BCUT2D eigenvalue weighted by atomic mass is 9.92. The van der Waals surface area contributed by atoms with E-state index in [0.717, 1.165) is 0 Å². The highest BCUT2D eigenvalue weighted by atomic mass is 35.5. The third-order valence-electron chi connectivity index (χ3n) is 4.29. The third kappa shape index (κ3) is 2.07. The van der Waals surface area contributed by atoms with Crippen molar-refractivity contribution >= 4 is 34.0 Å². The van der Waals surface area contributed by atoms with Crippen molar-refractivity contribution in [1.82, 2.24) is 0 Å². The molecule has 1 aliphatic rings. The predicted octanol–water partition coefficient (Wildman–Crippen LogP) is 4.82. The summed E-state index contributed by atoms with van der Waals surface area (Å²) in [7, 11) is 0. The van der Waals surface area contributed by atoms with Gasteiger partial charge in [0.2, 0.25) is 0 Å². The molecular weight excluding hydrogens is 266 g/mol. The fourth-order valence-electron chi connectivity index (χ4n) is 3.07. The standard InChI is InChI=1S/C18H17N.ClH/c19-18(12-9-10-12)17-11-13-5-1-2-6-14(13)15-7-3-4-8-16(15)17;/h1-8,11-12,18H,9-10,19H2;1H/t18-;/m1./s1. The minimum Gasteiger partial charge on any atom is -0.324 e. The zero-order valence-corrected chi connectivity index (χ0v) is 12.1. The fourth-order valence-corrected chi connectivity index (χ4v) is 3.07. The predicted molar refractivity (Wildman–Crippen MR) is 88.4 cm³/mol. The number of hydrogen-bond acceptors (Lipinski definition) is 1. The van der Waals surface area contributed by atoms with Gasteiger partial charge in [0.15, 0.2) is 0 Å². The summed E-state index contributed by atoms with van der Waals surface area (Å²) in [5.41, 5.74) is 7.77. The van der Waals surface area contributed by atoms with E-state index in [9.17, 15) is 0 Å². The first-order valence-electron chi connectivity index (χ1n) is 7.00. The van der Waals surface area contributed by atoms with Crippen LogP contribution in [0.2, 0.25) is 0 Å². The number of rotatable bonds is 2. The van der Waals surface area contributed by atoms with Crippen molar-refractivity contribution in [2.45, 2.75) is 18.9 Å². The van der Waals surface area contributed by atoms with Gasteiger partial charge in [0.1, 0.15) is 0 Å². The summed E-state index contributed by atoms with van der Waals surface area (Å²) < 4.78 is 0. The summed E-state index contributed by atoms with van der Waals surface area (Å²) in [6.45, 7) is 0. The summed E-state index contributed by atoms with van der Waals surface area (Å²) >= 11 is 0. The molecule has 0 amide bonds. The third-order valence-corrected chi connectivity index (χ3v) is 4.29. The van der Waals surface area contributed by atoms with E-state index in [0.29, 0.717) is 5.92 Å². The molecule has 0 aromatic heterocycles. The molecule has 4 rings (SSSR count). The maximum absolute atomic E-state index is 6.46. The first kappa shape index (κ1) is 13.4. The van der Waals surface area contributed by atoms with Crippen LogP contribution in [0.25, 0.3) is 21.5 Å². The lowest BCUT2D eigenvalue weighted by molar-refractivity contribution is 0.639. The summed E-state index contributed by atoms with van der Waals surface area (Å²) in [5.74, 6) is 0.685. The molecule has 1 saturated carbocycles. The van der Waals surface area contributed by atoms with Gasteiger partial charge in [-0.2, -0.15) is 0 Å². The zero-order valence-electron chi connectivity index (χ0n) is 11.3. The number of nitrogens with two attached hydrogens (primary N) is 1. The van der Waals surface area contributed by atoms with Crippen molar-refractivity contribution < 1.29 is 0 Å². The Labute approximate surface area is 125 Å². The molecule has 3 aromatic carbocycles. The smallest absolute Gasteiger partial charge is 0.0329 e. The van der Waals surface area contributed by atoms with Gasteiger partial charge >= 0.3 is 0 Å². The van der Waals surface area contributed by atoms with E-state index in [1.165, 1.54) is 39.9 Å². The Morgan fingerprint density at radius 3 is 2.15 bits per heavy atom. The van der Waals surface area contributed by atoms with Crippen LogP contribution in [-0.4, -0.2) is 0 Å². The maximum atomic E-state index is 6.46. The van der Waals surface area contributed by atoms with Crippen LogP contribution in [0, 0.1) is 5.92 Å². The Morgan fingerprint density at radius 1 is 0.850 bits per heavy atom. The fraction of sp³-hybridized carbons (Fsp3) is 0.222. The van der Waals surface area contributed by atoms with Crippen molar-refractivity contribution in [3.8, 4) is 0 Å². The first-order chi connectivity index (χ1) is 9.34. The minimum atomic E-state index is 0. The second kappa shape index (κ2) is 5.08. The van der Waals surface area contributed by atoms with Gasteiger partial charge in [0, 0.05) is 6.04 Å². The molecule has 1 aliphatic carbocycles. The first-order valence-corrected chi connectivity index (χ1v) is 7.00. The van der Waals surface area contributed by atoms with E-state index < -0.39 is 0 Å². The van der Waals surface area contributed by atoms with Crippen LogP contribution in [0.5, 0.6) is 0 Å². The lowest BCUT2D eigenvalue weighted by Crippen LogP contribution is -2.12. The quantitative estimate of drug-likeness (QED) is 0.670. The normalized spacial score (nSPS) is 16.1. The molecule has 1 atom stereocenters. The largest absolute Gasteiger partial charge is 0.324 e. The molecule has 1 nitrogen and oxygen atoms in total. The minimum absolute atomic E-state index is 0. The monoisotopic (exact) mass is 283 g/mol. The number of halogens is 1.